The van der Waals surface area contributed by atoms with Crippen LogP contribution in [0.4, 0.5) is 9.93 Å². The van der Waals surface area contributed by atoms with E-state index in [9.17, 15) is 24.3 Å². The van der Waals surface area contributed by atoms with E-state index in [-0.39, 0.29) is 37.5 Å². The molecule has 4 N–H and O–H groups in total. The highest BCUT2D eigenvalue weighted by molar-refractivity contribution is 7.14. The van der Waals surface area contributed by atoms with Crippen LogP contribution in [0.25, 0.3) is 22.3 Å². The van der Waals surface area contributed by atoms with Crippen molar-refractivity contribution in [1.29, 1.82) is 0 Å². The number of morpholine rings is 1. The molecule has 2 saturated carbocycles. The van der Waals surface area contributed by atoms with Crippen molar-refractivity contribution in [3.8, 4) is 22.9 Å². The fourth-order valence-corrected chi connectivity index (χ4v) is 10.5. The van der Waals surface area contributed by atoms with E-state index in [1.807, 2.05) is 53.0 Å². The number of nitrogens with zero attached hydrogens (tertiary/aromatic N) is 4. The first-order valence-corrected chi connectivity index (χ1v) is 23.7. The van der Waals surface area contributed by atoms with Gasteiger partial charge in [0.15, 0.2) is 5.13 Å². The van der Waals surface area contributed by atoms with Crippen molar-refractivity contribution in [2.45, 2.75) is 110 Å². The van der Waals surface area contributed by atoms with Gasteiger partial charge in [0.1, 0.15) is 58.7 Å². The van der Waals surface area contributed by atoms with Gasteiger partial charge in [-0.15, -0.1) is 11.3 Å². The minimum Gasteiger partial charge on any atom is -0.491 e. The van der Waals surface area contributed by atoms with Crippen LogP contribution in [-0.2, 0) is 23.9 Å². The summed E-state index contributed by atoms with van der Waals surface area (Å²) in [5.74, 6) is -0.806. The Morgan fingerprint density at radius 2 is 1.77 bits per heavy atom. The van der Waals surface area contributed by atoms with Gasteiger partial charge in [-0.25, -0.2) is 19.6 Å². The molecule has 16 nitrogen and oxygen atoms in total. The summed E-state index contributed by atoms with van der Waals surface area (Å²) < 4.78 is 24.4. The molecule has 18 heteroatoms. The molecule has 3 aliphatic carbocycles. The summed E-state index contributed by atoms with van der Waals surface area (Å²) in [6.07, 6.45) is 4.92. The van der Waals surface area contributed by atoms with Gasteiger partial charge in [-0.05, 0) is 68.4 Å². The number of halogens is 1. The number of hydrogen-bond acceptors (Lipinski definition) is 13. The van der Waals surface area contributed by atoms with Crippen LogP contribution in [0.3, 0.4) is 0 Å². The number of carbonyl (C=O) groups is 4. The van der Waals surface area contributed by atoms with Crippen molar-refractivity contribution in [1.82, 2.24) is 30.4 Å². The van der Waals surface area contributed by atoms with Crippen LogP contribution in [0.2, 0.25) is 5.02 Å². The molecule has 5 aliphatic rings. The number of likely N-dealkylation sites (tertiary alicyclic amines) is 1. The van der Waals surface area contributed by atoms with E-state index in [1.165, 1.54) is 16.2 Å². The zero-order valence-electron chi connectivity index (χ0n) is 37.4. The average Bonchev–Trinajstić information content (AvgIpc) is 3.46. The van der Waals surface area contributed by atoms with E-state index in [1.54, 1.807) is 12.1 Å². The summed E-state index contributed by atoms with van der Waals surface area (Å²) in [6.45, 7) is 15.5. The maximum Gasteiger partial charge on any atom is 0.408 e. The van der Waals surface area contributed by atoms with E-state index in [0.717, 1.165) is 31.1 Å². The molecule has 0 spiro atoms. The van der Waals surface area contributed by atoms with Gasteiger partial charge in [0.2, 0.25) is 11.8 Å². The Balaban J connectivity index is 1.09. The molecule has 1 aromatic carbocycles. The molecule has 2 saturated heterocycles. The van der Waals surface area contributed by atoms with E-state index >= 15 is 0 Å². The predicted molar refractivity (Wildman–Crippen MR) is 243 cm³/mol. The van der Waals surface area contributed by atoms with Gasteiger partial charge in [-0.3, -0.25) is 14.5 Å². The molecule has 3 aromatic rings. The lowest BCUT2D eigenvalue weighted by Gasteiger charge is -2.35. The number of nitrogens with one attached hydrogen (secondary N) is 3. The van der Waals surface area contributed by atoms with Crippen LogP contribution in [0, 0.1) is 23.2 Å². The Kier molecular flexibility index (Phi) is 13.4. The Morgan fingerprint density at radius 3 is 2.41 bits per heavy atom. The van der Waals surface area contributed by atoms with Crippen molar-refractivity contribution in [2.75, 3.05) is 51.3 Å². The third-order valence-electron chi connectivity index (χ3n) is 13.1. The zero-order chi connectivity index (χ0) is 45.5. The number of aromatic nitrogens is 2. The smallest absolute Gasteiger partial charge is 0.408 e. The minimum absolute atomic E-state index is 0.0378. The molecule has 2 aromatic heterocycles. The molecule has 2 aliphatic heterocycles. The van der Waals surface area contributed by atoms with Gasteiger partial charge in [0.05, 0.1) is 31.0 Å². The first-order valence-electron chi connectivity index (χ1n) is 22.5. The number of carboxylic acid groups (broad SMARTS) is 1. The molecule has 1 unspecified atom stereocenters. The lowest BCUT2D eigenvalue weighted by Crippen LogP contribution is -2.59. The summed E-state index contributed by atoms with van der Waals surface area (Å²) in [5.41, 5.74) is -0.714. The van der Waals surface area contributed by atoms with E-state index in [2.05, 4.69) is 33.0 Å². The first-order chi connectivity index (χ1) is 30.5. The normalized spacial score (nSPS) is 26.8. The Morgan fingerprint density at radius 1 is 1.03 bits per heavy atom. The Bertz CT molecular complexity index is 2260. The second-order valence-corrected chi connectivity index (χ2v) is 20.4. The van der Waals surface area contributed by atoms with Gasteiger partial charge in [-0.1, -0.05) is 57.9 Å². The van der Waals surface area contributed by atoms with Crippen LogP contribution < -0.4 is 25.4 Å². The highest BCUT2D eigenvalue weighted by Crippen LogP contribution is 2.47. The molecule has 0 bridgehead atoms. The number of pyridine rings is 1. The largest absolute Gasteiger partial charge is 0.491 e. The van der Waals surface area contributed by atoms with Crippen LogP contribution in [0.15, 0.2) is 35.7 Å². The number of amides is 3. The van der Waals surface area contributed by atoms with Crippen molar-refractivity contribution in [2.24, 2.45) is 23.2 Å². The maximum absolute atomic E-state index is 14.9. The van der Waals surface area contributed by atoms with Gasteiger partial charge in [-0.2, -0.15) is 0 Å². The number of thiazole rings is 1. The second-order valence-electron chi connectivity index (χ2n) is 19.1. The van der Waals surface area contributed by atoms with Crippen molar-refractivity contribution < 1.29 is 43.2 Å². The summed E-state index contributed by atoms with van der Waals surface area (Å²) in [4.78, 5) is 68.7. The number of ether oxygens (including phenoxy) is 4. The molecular formula is C46H60ClN7O9S. The van der Waals surface area contributed by atoms with Crippen molar-refractivity contribution in [3.05, 3.63) is 40.8 Å². The minimum atomic E-state index is -1.42. The first kappa shape index (κ1) is 45.8. The number of anilines is 1. The fourth-order valence-electron chi connectivity index (χ4n) is 9.36. The number of carbonyl (C=O) groups excluding carboxylic acids is 3. The number of benzene rings is 1. The van der Waals surface area contributed by atoms with Crippen LogP contribution in [-0.4, -0.2) is 131 Å². The maximum atomic E-state index is 14.9. The lowest BCUT2D eigenvalue weighted by molar-refractivity contribution is -0.146. The number of rotatable bonds is 16. The Hall–Kier alpha value is -4.71. The number of carboxylic acids is 1. The van der Waals surface area contributed by atoms with Crippen molar-refractivity contribution >= 4 is 62.8 Å². The van der Waals surface area contributed by atoms with Gasteiger partial charge >= 0.3 is 12.1 Å². The van der Waals surface area contributed by atoms with Gasteiger partial charge in [0, 0.05) is 48.9 Å². The quantitative estimate of drug-likeness (QED) is 0.116. The van der Waals surface area contributed by atoms with Crippen LogP contribution >= 0.6 is 22.9 Å². The standard InChI is InChI=1S/C46H60ClN7O9S/c1-7-28-22-46(28,42(57)58)52-40(55)34-20-30(23-54(34)41(56)39(45(4,5)6)51-44(59)63-29-18-26-8-9-27(26)19-29)62-36-21-32(33-24-64-43(50-33)48-25(2)3)49-38-31(36)10-11-35(37(38)47)61-17-14-53-12-15-60-16-13-53/h8-11,21,24-30,34,39H,7,12-20,22-23H2,1-6H3,(H,48,50)(H,51,59)(H,52,55)(H,57,58)/t26-,27+,28-,29?,30-,34+,39-,46-/m1/s1. The summed E-state index contributed by atoms with van der Waals surface area (Å²) in [7, 11) is 0. The van der Waals surface area contributed by atoms with E-state index < -0.39 is 53.0 Å². The molecule has 4 heterocycles. The zero-order valence-corrected chi connectivity index (χ0v) is 38.9. The van der Waals surface area contributed by atoms with Crippen LogP contribution in [0.1, 0.15) is 73.6 Å². The summed E-state index contributed by atoms with van der Waals surface area (Å²) in [5, 5.41) is 22.7. The molecule has 8 atom stereocenters. The predicted octanol–water partition coefficient (Wildman–Crippen LogP) is 6.37. The summed E-state index contributed by atoms with van der Waals surface area (Å²) in [6, 6.07) is 3.35. The van der Waals surface area contributed by atoms with E-state index in [0.29, 0.717) is 83.4 Å². The number of alkyl carbamates (subject to hydrolysis) is 1. The monoisotopic (exact) mass is 921 g/mol. The van der Waals surface area contributed by atoms with Gasteiger partial charge in [0.25, 0.3) is 0 Å². The van der Waals surface area contributed by atoms with Crippen LogP contribution in [0.5, 0.6) is 11.5 Å². The van der Waals surface area contributed by atoms with E-state index in [4.69, 9.17) is 40.5 Å². The highest BCUT2D eigenvalue weighted by Gasteiger charge is 2.61. The third kappa shape index (κ3) is 9.77. The molecular weight excluding hydrogens is 862 g/mol. The molecule has 8 rings (SSSR count). The topological polar surface area (TPSA) is 194 Å². The number of aliphatic carboxylic acids is 1. The summed E-state index contributed by atoms with van der Waals surface area (Å²) >= 11 is 8.56. The molecule has 346 valence electrons. The molecule has 4 fully saturated rings. The van der Waals surface area contributed by atoms with Gasteiger partial charge < -0.3 is 44.9 Å². The average molecular weight is 923 g/mol. The number of hydrogen-bond donors (Lipinski definition) is 4. The van der Waals surface area contributed by atoms with Crippen molar-refractivity contribution in [3.63, 3.8) is 0 Å². The molecule has 0 radical (unpaired) electrons. The lowest BCUT2D eigenvalue weighted by atomic mass is 9.85. The molecule has 3 amide bonds. The fraction of sp³-hybridized carbons (Fsp3) is 0.609. The second kappa shape index (κ2) is 18.6. The number of allylic oxidation sites excluding steroid dienone is 2. The molecule has 64 heavy (non-hydrogen) atoms. The SMILES string of the molecule is CC[C@@H]1C[C@]1(NC(=O)[C@@H]1C[C@@H](Oc2cc(-c3csc(NC(C)C)n3)nc3c(Cl)c(OCCN4CCOCC4)ccc23)CN1C(=O)[C@@H](NC(=O)OC1C[C@H]2C=C[C@H]2C1)C(C)(C)C)C(=O)O. The Labute approximate surface area is 382 Å². The highest BCUT2D eigenvalue weighted by atomic mass is 35.5. The number of fused-ring (bicyclic) bond motifs is 2. The third-order valence-corrected chi connectivity index (χ3v) is 14.3.